The molecule has 2 atom stereocenters. The summed E-state index contributed by atoms with van der Waals surface area (Å²) >= 11 is 0. The Morgan fingerprint density at radius 3 is 1.90 bits per heavy atom. The predicted octanol–water partition coefficient (Wildman–Crippen LogP) is 1.67. The Bertz CT molecular complexity index is 203. The van der Waals surface area contributed by atoms with Gasteiger partial charge < -0.3 is 5.11 Å². The third kappa shape index (κ3) is 0.753. The molecule has 0 unspecified atom stereocenters. The van der Waals surface area contributed by atoms with Gasteiger partial charge in [0.1, 0.15) is 0 Å². The molecule has 2 heteroatoms. The topological polar surface area (TPSA) is 37.3 Å². The highest BCUT2D eigenvalue weighted by atomic mass is 16.3. The molecular formula is C8H12O2. The minimum atomic E-state index is -0.106. The molecule has 0 heterocycles. The molecule has 0 saturated carbocycles. The summed E-state index contributed by atoms with van der Waals surface area (Å²) < 4.78 is 0. The lowest BCUT2D eigenvalue weighted by atomic mass is 9.95. The van der Waals surface area contributed by atoms with Crippen LogP contribution in [0.1, 0.15) is 20.8 Å². The van der Waals surface area contributed by atoms with Crippen molar-refractivity contribution in [2.45, 2.75) is 20.8 Å². The Balaban J connectivity index is 2.99. The number of aliphatic hydroxyl groups excluding tert-OH is 1. The second-order valence-corrected chi connectivity index (χ2v) is 2.97. The van der Waals surface area contributed by atoms with Crippen molar-refractivity contribution in [3.63, 3.8) is 0 Å². The molecule has 10 heavy (non-hydrogen) atoms. The normalized spacial score (nSPS) is 33.7. The molecule has 0 radical (unpaired) electrons. The molecule has 0 aliphatic heterocycles. The zero-order chi connectivity index (χ0) is 7.89. The van der Waals surface area contributed by atoms with Crippen LogP contribution in [0.25, 0.3) is 0 Å². The van der Waals surface area contributed by atoms with Crippen molar-refractivity contribution in [1.82, 2.24) is 0 Å². The summed E-state index contributed by atoms with van der Waals surface area (Å²) in [5.41, 5.74) is 0.831. The number of aliphatic hydroxyl groups is 1. The maximum Gasteiger partial charge on any atom is 0.200 e. The van der Waals surface area contributed by atoms with Crippen molar-refractivity contribution in [2.24, 2.45) is 11.8 Å². The molecule has 1 rings (SSSR count). The molecule has 1 N–H and O–H groups in total. The summed E-state index contributed by atoms with van der Waals surface area (Å²) in [6.45, 7) is 5.61. The SMILES string of the molecule is CC1=C(O)C(=O)[C@@H](C)[C@H]1C. The van der Waals surface area contributed by atoms with Crippen LogP contribution in [-0.2, 0) is 4.79 Å². The minimum Gasteiger partial charge on any atom is -0.504 e. The third-order valence-electron chi connectivity index (χ3n) is 2.45. The number of hydrogen-bond donors (Lipinski definition) is 1. The van der Waals surface area contributed by atoms with E-state index in [9.17, 15) is 4.79 Å². The van der Waals surface area contributed by atoms with Crippen LogP contribution in [0.5, 0.6) is 0 Å². The molecular weight excluding hydrogens is 128 g/mol. The number of rotatable bonds is 0. The molecule has 0 aromatic heterocycles. The Labute approximate surface area is 60.6 Å². The predicted molar refractivity (Wildman–Crippen MR) is 38.7 cm³/mol. The lowest BCUT2D eigenvalue weighted by molar-refractivity contribution is -0.120. The van der Waals surface area contributed by atoms with Gasteiger partial charge in [0.15, 0.2) is 11.5 Å². The quantitative estimate of drug-likeness (QED) is 0.555. The van der Waals surface area contributed by atoms with Crippen LogP contribution in [0.15, 0.2) is 11.3 Å². The monoisotopic (exact) mass is 140 g/mol. The summed E-state index contributed by atoms with van der Waals surface area (Å²) in [5.74, 6) is 0.0671. The molecule has 56 valence electrons. The second kappa shape index (κ2) is 2.11. The van der Waals surface area contributed by atoms with Crippen molar-refractivity contribution in [1.29, 1.82) is 0 Å². The molecule has 0 amide bonds. The summed E-state index contributed by atoms with van der Waals surface area (Å²) in [6, 6.07) is 0. The van der Waals surface area contributed by atoms with Crippen molar-refractivity contribution < 1.29 is 9.90 Å². The van der Waals surface area contributed by atoms with Gasteiger partial charge in [-0.3, -0.25) is 4.79 Å². The third-order valence-corrected chi connectivity index (χ3v) is 2.45. The zero-order valence-electron chi connectivity index (χ0n) is 6.51. The van der Waals surface area contributed by atoms with E-state index in [1.165, 1.54) is 0 Å². The molecule has 0 saturated heterocycles. The first kappa shape index (κ1) is 7.32. The fourth-order valence-corrected chi connectivity index (χ4v) is 1.23. The lowest BCUT2D eigenvalue weighted by Gasteiger charge is -2.07. The van der Waals surface area contributed by atoms with Gasteiger partial charge in [-0.25, -0.2) is 0 Å². The highest BCUT2D eigenvalue weighted by Crippen LogP contribution is 2.31. The first-order chi connectivity index (χ1) is 4.55. The number of ketones is 1. The van der Waals surface area contributed by atoms with E-state index < -0.39 is 0 Å². The average Bonchev–Trinajstić information content (AvgIpc) is 2.07. The number of allylic oxidation sites excluding steroid dienone is 2. The van der Waals surface area contributed by atoms with Crippen LogP contribution in [0.2, 0.25) is 0 Å². The summed E-state index contributed by atoms with van der Waals surface area (Å²) in [6.07, 6.45) is 0. The van der Waals surface area contributed by atoms with Crippen molar-refractivity contribution in [3.05, 3.63) is 11.3 Å². The van der Waals surface area contributed by atoms with E-state index >= 15 is 0 Å². The number of carbonyl (C=O) groups is 1. The van der Waals surface area contributed by atoms with Crippen LogP contribution < -0.4 is 0 Å². The van der Waals surface area contributed by atoms with E-state index in [4.69, 9.17) is 5.11 Å². The Hall–Kier alpha value is -0.790. The summed E-state index contributed by atoms with van der Waals surface area (Å²) in [4.78, 5) is 11.0. The molecule has 0 fully saturated rings. The van der Waals surface area contributed by atoms with Gasteiger partial charge in [-0.1, -0.05) is 13.8 Å². The molecule has 0 aromatic rings. The largest absolute Gasteiger partial charge is 0.504 e. The molecule has 0 spiro atoms. The van der Waals surface area contributed by atoms with E-state index in [1.807, 2.05) is 13.8 Å². The maximum absolute atomic E-state index is 11.0. The zero-order valence-corrected chi connectivity index (χ0v) is 6.51. The smallest absolute Gasteiger partial charge is 0.200 e. The van der Waals surface area contributed by atoms with Gasteiger partial charge in [-0.15, -0.1) is 0 Å². The van der Waals surface area contributed by atoms with Crippen molar-refractivity contribution >= 4 is 5.78 Å². The van der Waals surface area contributed by atoms with Crippen LogP contribution >= 0.6 is 0 Å². The number of hydrogen-bond acceptors (Lipinski definition) is 2. The first-order valence-electron chi connectivity index (χ1n) is 3.49. The van der Waals surface area contributed by atoms with E-state index in [0.29, 0.717) is 0 Å². The highest BCUT2D eigenvalue weighted by Gasteiger charge is 2.33. The molecule has 1 aliphatic rings. The average molecular weight is 140 g/mol. The number of Topliss-reactive ketones (excluding diaryl/α,β-unsaturated/α-hetero) is 1. The second-order valence-electron chi connectivity index (χ2n) is 2.97. The number of carbonyl (C=O) groups excluding carboxylic acids is 1. The Kier molecular flexibility index (Phi) is 1.55. The van der Waals surface area contributed by atoms with Crippen LogP contribution in [-0.4, -0.2) is 10.9 Å². The molecule has 1 aliphatic carbocycles. The van der Waals surface area contributed by atoms with E-state index in [1.54, 1.807) is 6.92 Å². The van der Waals surface area contributed by atoms with Gasteiger partial charge in [-0.2, -0.15) is 0 Å². The summed E-state index contributed by atoms with van der Waals surface area (Å²) in [7, 11) is 0. The van der Waals surface area contributed by atoms with E-state index in [0.717, 1.165) is 5.57 Å². The first-order valence-corrected chi connectivity index (χ1v) is 3.49. The fourth-order valence-electron chi connectivity index (χ4n) is 1.23. The standard InChI is InChI=1S/C8H12O2/c1-4-5(2)7(9)8(10)6(4)3/h4-5,10H,1-3H3/t4-,5+/m1/s1. The van der Waals surface area contributed by atoms with Gasteiger partial charge in [-0.05, 0) is 18.4 Å². The fraction of sp³-hybridized carbons (Fsp3) is 0.625. The van der Waals surface area contributed by atoms with Gasteiger partial charge in [0.25, 0.3) is 0 Å². The van der Waals surface area contributed by atoms with Gasteiger partial charge in [0, 0.05) is 5.92 Å². The van der Waals surface area contributed by atoms with Crippen LogP contribution in [0.4, 0.5) is 0 Å². The van der Waals surface area contributed by atoms with Crippen LogP contribution in [0, 0.1) is 11.8 Å². The maximum atomic E-state index is 11.0. The van der Waals surface area contributed by atoms with Crippen molar-refractivity contribution in [2.75, 3.05) is 0 Å². The minimum absolute atomic E-state index is 0.0139. The van der Waals surface area contributed by atoms with Gasteiger partial charge >= 0.3 is 0 Å². The Morgan fingerprint density at radius 2 is 1.80 bits per heavy atom. The highest BCUT2D eigenvalue weighted by molar-refractivity contribution is 5.98. The van der Waals surface area contributed by atoms with Gasteiger partial charge in [0.05, 0.1) is 0 Å². The van der Waals surface area contributed by atoms with Crippen LogP contribution in [0.3, 0.4) is 0 Å². The van der Waals surface area contributed by atoms with Crippen molar-refractivity contribution in [3.8, 4) is 0 Å². The van der Waals surface area contributed by atoms with E-state index in [-0.39, 0.29) is 23.4 Å². The van der Waals surface area contributed by atoms with Gasteiger partial charge in [0.2, 0.25) is 0 Å². The summed E-state index contributed by atoms with van der Waals surface area (Å²) in [5, 5.41) is 9.14. The lowest BCUT2D eigenvalue weighted by Crippen LogP contribution is -2.10. The molecule has 0 aromatic carbocycles. The molecule has 0 bridgehead atoms. The molecule has 2 nitrogen and oxygen atoms in total. The van der Waals surface area contributed by atoms with E-state index in [2.05, 4.69) is 0 Å². The Morgan fingerprint density at radius 1 is 1.30 bits per heavy atom.